The van der Waals surface area contributed by atoms with Crippen LogP contribution in [0.15, 0.2) is 70.0 Å². The Balaban J connectivity index is 1.50. The molecule has 4 rings (SSSR count). The lowest BCUT2D eigenvalue weighted by atomic mass is 10.2. The van der Waals surface area contributed by atoms with E-state index in [2.05, 4.69) is 4.99 Å². The van der Waals surface area contributed by atoms with E-state index in [0.29, 0.717) is 31.0 Å². The van der Waals surface area contributed by atoms with Gasteiger partial charge >= 0.3 is 0 Å². The average Bonchev–Trinajstić information content (AvgIpc) is 3.18. The first-order chi connectivity index (χ1) is 14.8. The highest BCUT2D eigenvalue weighted by molar-refractivity contribution is 7.89. The summed E-state index contributed by atoms with van der Waals surface area (Å²) in [4.78, 5) is 19.2. The summed E-state index contributed by atoms with van der Waals surface area (Å²) in [6.07, 6.45) is 1.79. The maximum Gasteiger partial charge on any atom is 0.279 e. The van der Waals surface area contributed by atoms with Crippen LogP contribution in [0, 0.1) is 5.82 Å². The van der Waals surface area contributed by atoms with E-state index < -0.39 is 15.9 Å². The highest BCUT2D eigenvalue weighted by Gasteiger charge is 2.29. The van der Waals surface area contributed by atoms with E-state index in [1.165, 1.54) is 39.9 Å². The number of halogens is 1. The van der Waals surface area contributed by atoms with E-state index in [0.717, 1.165) is 5.69 Å². The molecule has 0 radical (unpaired) electrons. The Bertz CT molecular complexity index is 1260. The van der Waals surface area contributed by atoms with E-state index in [-0.39, 0.29) is 16.3 Å². The molecule has 7 nitrogen and oxygen atoms in total. The molecule has 0 spiro atoms. The number of carbonyl (C=O) groups is 1. The molecule has 31 heavy (non-hydrogen) atoms. The Morgan fingerprint density at radius 2 is 1.77 bits per heavy atom. The summed E-state index contributed by atoms with van der Waals surface area (Å²) < 4.78 is 42.5. The third-order valence-corrected chi connectivity index (χ3v) is 7.85. The lowest BCUT2D eigenvalue weighted by molar-refractivity contribution is 0.0997. The monoisotopic (exact) mass is 460 g/mol. The molecule has 1 saturated heterocycles. The fourth-order valence-corrected chi connectivity index (χ4v) is 5.56. The minimum Gasteiger partial charge on any atom is -0.369 e. The molecule has 1 aromatic heterocycles. The number of piperazine rings is 1. The van der Waals surface area contributed by atoms with Gasteiger partial charge in [-0.15, -0.1) is 11.3 Å². The Morgan fingerprint density at radius 1 is 1.06 bits per heavy atom. The number of hydrogen-bond donors (Lipinski definition) is 0. The number of rotatable bonds is 4. The minimum atomic E-state index is -3.75. The number of aryl methyl sites for hydroxylation is 1. The van der Waals surface area contributed by atoms with Gasteiger partial charge in [0.15, 0.2) is 4.80 Å². The van der Waals surface area contributed by atoms with Crippen molar-refractivity contribution in [3.63, 3.8) is 0 Å². The van der Waals surface area contributed by atoms with Gasteiger partial charge in [0.1, 0.15) is 5.82 Å². The van der Waals surface area contributed by atoms with Gasteiger partial charge in [-0.1, -0.05) is 6.07 Å². The van der Waals surface area contributed by atoms with Crippen LogP contribution in [0.3, 0.4) is 0 Å². The molecule has 1 aliphatic heterocycles. The molecule has 0 N–H and O–H groups in total. The Kier molecular flexibility index (Phi) is 6.03. The fraction of sp³-hybridized carbons (Fsp3) is 0.238. The molecule has 10 heteroatoms. The lowest BCUT2D eigenvalue weighted by Crippen LogP contribution is -2.48. The Morgan fingerprint density at radius 3 is 2.42 bits per heavy atom. The second-order valence-electron chi connectivity index (χ2n) is 7.11. The maximum atomic E-state index is 13.1. The summed E-state index contributed by atoms with van der Waals surface area (Å²) in [5.41, 5.74) is 1.08. The van der Waals surface area contributed by atoms with Crippen LogP contribution in [0.5, 0.6) is 0 Å². The smallest absolute Gasteiger partial charge is 0.279 e. The van der Waals surface area contributed by atoms with Gasteiger partial charge in [-0.2, -0.15) is 9.30 Å². The first kappa shape index (κ1) is 21.4. The molecule has 2 heterocycles. The van der Waals surface area contributed by atoms with Crippen LogP contribution in [0.25, 0.3) is 0 Å². The Labute approximate surface area is 183 Å². The molecule has 1 amide bonds. The number of aromatic nitrogens is 1. The highest BCUT2D eigenvalue weighted by atomic mass is 32.2. The van der Waals surface area contributed by atoms with Crippen molar-refractivity contribution < 1.29 is 17.6 Å². The maximum absolute atomic E-state index is 13.1. The molecule has 162 valence electrons. The van der Waals surface area contributed by atoms with Crippen molar-refractivity contribution in [2.45, 2.75) is 4.90 Å². The molecule has 0 unspecified atom stereocenters. The van der Waals surface area contributed by atoms with Gasteiger partial charge in [0.2, 0.25) is 10.0 Å². The van der Waals surface area contributed by atoms with E-state index in [4.69, 9.17) is 0 Å². The second-order valence-corrected chi connectivity index (χ2v) is 9.92. The van der Waals surface area contributed by atoms with E-state index in [1.54, 1.807) is 42.1 Å². The van der Waals surface area contributed by atoms with Crippen LogP contribution in [-0.2, 0) is 17.1 Å². The van der Waals surface area contributed by atoms with Crippen LogP contribution < -0.4 is 9.70 Å². The van der Waals surface area contributed by atoms with Gasteiger partial charge < -0.3 is 9.47 Å². The summed E-state index contributed by atoms with van der Waals surface area (Å²) in [6, 6.07) is 12.1. The zero-order chi connectivity index (χ0) is 22.0. The van der Waals surface area contributed by atoms with Crippen molar-refractivity contribution in [2.75, 3.05) is 31.1 Å². The zero-order valence-corrected chi connectivity index (χ0v) is 18.4. The first-order valence-corrected chi connectivity index (χ1v) is 12.0. The number of nitrogens with zero attached hydrogens (tertiary/aromatic N) is 4. The van der Waals surface area contributed by atoms with Crippen LogP contribution >= 0.6 is 11.3 Å². The van der Waals surface area contributed by atoms with Crippen LogP contribution in [0.2, 0.25) is 0 Å². The van der Waals surface area contributed by atoms with Crippen molar-refractivity contribution in [3.8, 4) is 0 Å². The number of amides is 1. The van der Waals surface area contributed by atoms with Crippen molar-refractivity contribution >= 4 is 33.0 Å². The molecule has 0 atom stereocenters. The standard InChI is InChI=1S/C21H21FN4O3S2/c1-24-13-14-30-21(24)23-20(27)16-3-2-4-19(15-16)31(28,29)26-11-9-25(10-12-26)18-7-5-17(22)6-8-18/h2-8,13-15H,9-12H2,1H3. The molecular weight excluding hydrogens is 439 g/mol. The van der Waals surface area contributed by atoms with Gasteiger partial charge in [0.25, 0.3) is 5.91 Å². The van der Waals surface area contributed by atoms with Crippen LogP contribution in [0.4, 0.5) is 10.1 Å². The van der Waals surface area contributed by atoms with Gasteiger partial charge in [-0.05, 0) is 42.5 Å². The summed E-state index contributed by atoms with van der Waals surface area (Å²) in [5.74, 6) is -0.796. The van der Waals surface area contributed by atoms with Gasteiger partial charge in [0, 0.05) is 56.1 Å². The summed E-state index contributed by atoms with van der Waals surface area (Å²) in [5, 5.41) is 1.82. The molecule has 1 aliphatic rings. The Hall–Kier alpha value is -2.82. The molecule has 0 bridgehead atoms. The van der Waals surface area contributed by atoms with Crippen molar-refractivity contribution in [1.29, 1.82) is 0 Å². The fourth-order valence-electron chi connectivity index (χ4n) is 3.36. The third-order valence-electron chi connectivity index (χ3n) is 5.11. The predicted octanol–water partition coefficient (Wildman–Crippen LogP) is 2.48. The minimum absolute atomic E-state index is 0.0688. The zero-order valence-electron chi connectivity index (χ0n) is 16.8. The van der Waals surface area contributed by atoms with Gasteiger partial charge in [-0.25, -0.2) is 12.8 Å². The second kappa shape index (κ2) is 8.74. The normalized spacial score (nSPS) is 15.9. The first-order valence-electron chi connectivity index (χ1n) is 9.64. The molecule has 3 aromatic rings. The molecule has 2 aromatic carbocycles. The van der Waals surface area contributed by atoms with E-state index >= 15 is 0 Å². The van der Waals surface area contributed by atoms with Crippen LogP contribution in [0.1, 0.15) is 10.4 Å². The van der Waals surface area contributed by atoms with Crippen molar-refractivity contribution in [1.82, 2.24) is 8.87 Å². The molecule has 0 aliphatic carbocycles. The number of thiazole rings is 1. The summed E-state index contributed by atoms with van der Waals surface area (Å²) in [7, 11) is -1.96. The SMILES string of the molecule is Cn1ccsc1=NC(=O)c1cccc(S(=O)(=O)N2CCN(c3ccc(F)cc3)CC2)c1. The molecular formula is C21H21FN4O3S2. The number of hydrogen-bond acceptors (Lipinski definition) is 5. The van der Waals surface area contributed by atoms with E-state index in [1.807, 2.05) is 10.3 Å². The van der Waals surface area contributed by atoms with Gasteiger partial charge in [-0.3, -0.25) is 4.79 Å². The summed E-state index contributed by atoms with van der Waals surface area (Å²) in [6.45, 7) is 1.59. The van der Waals surface area contributed by atoms with Crippen LogP contribution in [-0.4, -0.2) is 49.4 Å². The third kappa shape index (κ3) is 4.60. The van der Waals surface area contributed by atoms with E-state index in [9.17, 15) is 17.6 Å². The lowest BCUT2D eigenvalue weighted by Gasteiger charge is -2.35. The highest BCUT2D eigenvalue weighted by Crippen LogP contribution is 2.22. The molecule has 1 fully saturated rings. The number of carbonyl (C=O) groups excluding carboxylic acids is 1. The van der Waals surface area contributed by atoms with Crippen molar-refractivity contribution in [3.05, 3.63) is 76.3 Å². The average molecular weight is 461 g/mol. The molecule has 0 saturated carbocycles. The number of benzene rings is 2. The van der Waals surface area contributed by atoms with Crippen molar-refractivity contribution in [2.24, 2.45) is 12.0 Å². The quantitative estimate of drug-likeness (QED) is 0.600. The largest absolute Gasteiger partial charge is 0.369 e. The predicted molar refractivity (Wildman–Crippen MR) is 117 cm³/mol. The number of anilines is 1. The summed E-state index contributed by atoms with van der Waals surface area (Å²) >= 11 is 1.33. The topological polar surface area (TPSA) is 75.0 Å². The number of sulfonamides is 1. The van der Waals surface area contributed by atoms with Gasteiger partial charge in [0.05, 0.1) is 4.90 Å².